The Morgan fingerprint density at radius 2 is 2.44 bits per heavy atom. The summed E-state index contributed by atoms with van der Waals surface area (Å²) in [5.74, 6) is 0.653. The molecule has 0 aliphatic heterocycles. The van der Waals surface area contributed by atoms with Crippen LogP contribution >= 0.6 is 27.5 Å². The van der Waals surface area contributed by atoms with Crippen LogP contribution < -0.4 is 11.1 Å². The molecule has 1 unspecified atom stereocenters. The second kappa shape index (κ2) is 7.06. The van der Waals surface area contributed by atoms with Crippen LogP contribution in [0.1, 0.15) is 6.42 Å². The zero-order valence-corrected chi connectivity index (χ0v) is 11.4. The summed E-state index contributed by atoms with van der Waals surface area (Å²) in [4.78, 5) is 4.20. The number of aromatic nitrogens is 1. The first-order chi connectivity index (χ1) is 7.67. The van der Waals surface area contributed by atoms with Crippen molar-refractivity contribution >= 4 is 33.3 Å². The Morgan fingerprint density at radius 1 is 1.69 bits per heavy atom. The van der Waals surface area contributed by atoms with Crippen molar-refractivity contribution in [2.45, 2.75) is 12.5 Å². The predicted molar refractivity (Wildman–Crippen MR) is 69.9 cm³/mol. The van der Waals surface area contributed by atoms with Crippen LogP contribution in [-0.2, 0) is 4.74 Å². The lowest BCUT2D eigenvalue weighted by Gasteiger charge is -2.18. The molecule has 0 fully saturated rings. The summed E-state index contributed by atoms with van der Waals surface area (Å²) in [5, 5.41) is 3.78. The smallest absolute Gasteiger partial charge is 0.145 e. The van der Waals surface area contributed by atoms with Gasteiger partial charge in [0.2, 0.25) is 0 Å². The van der Waals surface area contributed by atoms with Crippen LogP contribution in [0, 0.1) is 0 Å². The molecule has 0 saturated heterocycles. The number of pyridine rings is 1. The molecule has 0 spiro atoms. The van der Waals surface area contributed by atoms with Gasteiger partial charge in [-0.1, -0.05) is 11.6 Å². The molecule has 0 aromatic carbocycles. The van der Waals surface area contributed by atoms with E-state index in [1.165, 1.54) is 0 Å². The van der Waals surface area contributed by atoms with E-state index >= 15 is 0 Å². The highest BCUT2D eigenvalue weighted by Crippen LogP contribution is 2.23. The van der Waals surface area contributed by atoms with Gasteiger partial charge in [0, 0.05) is 17.8 Å². The lowest BCUT2D eigenvalue weighted by atomic mass is 10.2. The van der Waals surface area contributed by atoms with E-state index in [0.717, 1.165) is 10.9 Å². The average Bonchev–Trinajstić information content (AvgIpc) is 2.23. The SMILES string of the molecule is COCC(CCN)Nc1ncc(Br)cc1Cl. The number of hydrogen-bond donors (Lipinski definition) is 2. The van der Waals surface area contributed by atoms with Crippen molar-refractivity contribution < 1.29 is 4.74 Å². The first-order valence-electron chi connectivity index (χ1n) is 4.94. The van der Waals surface area contributed by atoms with Crippen molar-refractivity contribution in [1.29, 1.82) is 0 Å². The van der Waals surface area contributed by atoms with Gasteiger partial charge in [0.25, 0.3) is 0 Å². The van der Waals surface area contributed by atoms with E-state index in [2.05, 4.69) is 26.2 Å². The van der Waals surface area contributed by atoms with E-state index in [9.17, 15) is 0 Å². The normalized spacial score (nSPS) is 12.5. The summed E-state index contributed by atoms with van der Waals surface area (Å²) in [6.07, 6.45) is 2.50. The number of nitrogens with zero attached hydrogens (tertiary/aromatic N) is 1. The highest BCUT2D eigenvalue weighted by atomic mass is 79.9. The van der Waals surface area contributed by atoms with Crippen molar-refractivity contribution in [2.75, 3.05) is 25.6 Å². The third kappa shape index (κ3) is 4.25. The number of rotatable bonds is 6. The number of halogens is 2. The molecule has 0 aliphatic carbocycles. The van der Waals surface area contributed by atoms with Gasteiger partial charge in [0.1, 0.15) is 5.82 Å². The average molecular weight is 309 g/mol. The minimum atomic E-state index is 0.126. The molecule has 1 atom stereocenters. The Labute approximate surface area is 109 Å². The molecule has 0 amide bonds. The van der Waals surface area contributed by atoms with Gasteiger partial charge >= 0.3 is 0 Å². The van der Waals surface area contributed by atoms with E-state index in [1.807, 2.05) is 0 Å². The third-order valence-electron chi connectivity index (χ3n) is 2.03. The fraction of sp³-hybridized carbons (Fsp3) is 0.500. The molecule has 0 aliphatic rings. The van der Waals surface area contributed by atoms with Crippen molar-refractivity contribution in [3.05, 3.63) is 21.8 Å². The summed E-state index contributed by atoms with van der Waals surface area (Å²) in [5.41, 5.74) is 5.52. The Hall–Kier alpha value is -0.360. The van der Waals surface area contributed by atoms with Crippen LogP contribution in [0.25, 0.3) is 0 Å². The van der Waals surface area contributed by atoms with Gasteiger partial charge in [-0.2, -0.15) is 0 Å². The van der Waals surface area contributed by atoms with Crippen LogP contribution in [0.2, 0.25) is 5.02 Å². The molecule has 1 rings (SSSR count). The van der Waals surface area contributed by atoms with Gasteiger partial charge in [-0.3, -0.25) is 0 Å². The fourth-order valence-electron chi connectivity index (χ4n) is 1.31. The Kier molecular flexibility index (Phi) is 6.05. The van der Waals surface area contributed by atoms with Crippen LogP contribution in [0.4, 0.5) is 5.82 Å². The van der Waals surface area contributed by atoms with Crippen molar-refractivity contribution in [3.63, 3.8) is 0 Å². The monoisotopic (exact) mass is 307 g/mol. The minimum Gasteiger partial charge on any atom is -0.383 e. The molecule has 0 bridgehead atoms. The number of nitrogens with two attached hydrogens (primary N) is 1. The summed E-state index contributed by atoms with van der Waals surface area (Å²) < 4.78 is 5.95. The maximum absolute atomic E-state index is 6.05. The van der Waals surface area contributed by atoms with Gasteiger partial charge in [-0.15, -0.1) is 0 Å². The maximum Gasteiger partial charge on any atom is 0.145 e. The number of nitrogens with one attached hydrogen (secondary N) is 1. The minimum absolute atomic E-state index is 0.126. The van der Waals surface area contributed by atoms with E-state index < -0.39 is 0 Å². The second-order valence-corrected chi connectivity index (χ2v) is 4.68. The summed E-state index contributed by atoms with van der Waals surface area (Å²) in [6.45, 7) is 1.17. The molecule has 3 N–H and O–H groups in total. The van der Waals surface area contributed by atoms with E-state index in [-0.39, 0.29) is 6.04 Å². The van der Waals surface area contributed by atoms with Crippen molar-refractivity contribution in [2.24, 2.45) is 5.73 Å². The van der Waals surface area contributed by atoms with E-state index in [0.29, 0.717) is 24.0 Å². The first kappa shape index (κ1) is 13.7. The van der Waals surface area contributed by atoms with Gasteiger partial charge < -0.3 is 15.8 Å². The Balaban J connectivity index is 2.68. The van der Waals surface area contributed by atoms with Gasteiger partial charge in [0.15, 0.2) is 0 Å². The summed E-state index contributed by atoms with van der Waals surface area (Å²) >= 11 is 9.35. The largest absolute Gasteiger partial charge is 0.383 e. The molecular weight excluding hydrogens is 293 g/mol. The zero-order valence-electron chi connectivity index (χ0n) is 9.04. The quantitative estimate of drug-likeness (QED) is 0.846. The maximum atomic E-state index is 6.05. The van der Waals surface area contributed by atoms with E-state index in [4.69, 9.17) is 22.1 Å². The molecule has 1 aromatic heterocycles. The van der Waals surface area contributed by atoms with Gasteiger partial charge in [-0.25, -0.2) is 4.98 Å². The zero-order chi connectivity index (χ0) is 12.0. The number of methoxy groups -OCH3 is 1. The molecule has 1 aromatic rings. The molecule has 6 heteroatoms. The molecular formula is C10H15BrClN3O. The highest BCUT2D eigenvalue weighted by molar-refractivity contribution is 9.10. The lowest BCUT2D eigenvalue weighted by molar-refractivity contribution is 0.183. The van der Waals surface area contributed by atoms with Crippen LogP contribution in [0.3, 0.4) is 0 Å². The number of hydrogen-bond acceptors (Lipinski definition) is 4. The molecule has 16 heavy (non-hydrogen) atoms. The Bertz CT molecular complexity index is 332. The number of anilines is 1. The van der Waals surface area contributed by atoms with Crippen molar-refractivity contribution in [1.82, 2.24) is 4.98 Å². The lowest BCUT2D eigenvalue weighted by Crippen LogP contribution is -2.28. The van der Waals surface area contributed by atoms with Crippen LogP contribution in [-0.4, -0.2) is 31.3 Å². The molecule has 0 saturated carbocycles. The van der Waals surface area contributed by atoms with Crippen LogP contribution in [0.5, 0.6) is 0 Å². The predicted octanol–water partition coefficient (Wildman–Crippen LogP) is 2.27. The fourth-order valence-corrected chi connectivity index (χ4v) is 2.00. The second-order valence-electron chi connectivity index (χ2n) is 3.36. The highest BCUT2D eigenvalue weighted by Gasteiger charge is 2.10. The summed E-state index contributed by atoms with van der Waals surface area (Å²) in [6, 6.07) is 1.92. The number of ether oxygens (including phenoxy) is 1. The topological polar surface area (TPSA) is 60.2 Å². The molecule has 90 valence electrons. The standard InChI is InChI=1S/C10H15BrClN3O/c1-16-6-8(2-3-13)15-10-9(12)4-7(11)5-14-10/h4-5,8H,2-3,6,13H2,1H3,(H,14,15). The van der Waals surface area contributed by atoms with Gasteiger partial charge in [0.05, 0.1) is 17.7 Å². The summed E-state index contributed by atoms with van der Waals surface area (Å²) in [7, 11) is 1.65. The molecule has 1 heterocycles. The molecule has 0 radical (unpaired) electrons. The van der Waals surface area contributed by atoms with Crippen molar-refractivity contribution in [3.8, 4) is 0 Å². The van der Waals surface area contributed by atoms with Gasteiger partial charge in [-0.05, 0) is 35.0 Å². The Morgan fingerprint density at radius 3 is 3.00 bits per heavy atom. The first-order valence-corrected chi connectivity index (χ1v) is 6.11. The molecule has 4 nitrogen and oxygen atoms in total. The van der Waals surface area contributed by atoms with E-state index in [1.54, 1.807) is 19.4 Å². The van der Waals surface area contributed by atoms with Crippen LogP contribution in [0.15, 0.2) is 16.7 Å². The third-order valence-corrected chi connectivity index (χ3v) is 2.75.